The molecule has 9 heteroatoms. The second-order valence-electron chi connectivity index (χ2n) is 3.28. The van der Waals surface area contributed by atoms with E-state index in [1.54, 1.807) is 19.9 Å². The first-order valence-electron chi connectivity index (χ1n) is 5.14. The first kappa shape index (κ1) is 16.3. The van der Waals surface area contributed by atoms with Crippen molar-refractivity contribution in [1.82, 2.24) is 9.44 Å². The summed E-state index contributed by atoms with van der Waals surface area (Å²) < 4.78 is 49.7. The maximum Gasteiger partial charge on any atom is 0.227 e. The van der Waals surface area contributed by atoms with Gasteiger partial charge in [0, 0.05) is 13.1 Å². The summed E-state index contributed by atoms with van der Waals surface area (Å²) in [5, 5.41) is 7.46. The quantitative estimate of drug-likeness (QED) is 0.601. The highest BCUT2D eigenvalue weighted by Gasteiger charge is 2.23. The van der Waals surface area contributed by atoms with Crippen LogP contribution in [0.2, 0.25) is 0 Å². The van der Waals surface area contributed by atoms with Gasteiger partial charge in [-0.25, -0.2) is 26.3 Å². The molecule has 0 aromatic carbocycles. The molecule has 1 atom stereocenters. The lowest BCUT2D eigenvalue weighted by molar-refractivity contribution is 0.571. The van der Waals surface area contributed by atoms with Gasteiger partial charge in [0.25, 0.3) is 0 Å². The number of rotatable bonds is 8. The van der Waals surface area contributed by atoms with E-state index in [0.29, 0.717) is 0 Å². The molecule has 1 unspecified atom stereocenters. The standard InChI is InChI=1S/C8H17N3O4S2/c1-3-8(7-9)17(14,15)11-5-6-16(12,13)10-4-2/h8,10-11H,3-6H2,1-2H3. The third kappa shape index (κ3) is 5.97. The fourth-order valence-electron chi connectivity index (χ4n) is 1.09. The van der Waals surface area contributed by atoms with E-state index in [1.807, 2.05) is 0 Å². The van der Waals surface area contributed by atoms with Crippen molar-refractivity contribution in [3.8, 4) is 6.07 Å². The summed E-state index contributed by atoms with van der Waals surface area (Å²) in [5.41, 5.74) is 0. The molecule has 0 spiro atoms. The van der Waals surface area contributed by atoms with Crippen LogP contribution in [0.25, 0.3) is 0 Å². The lowest BCUT2D eigenvalue weighted by atomic mass is 10.4. The summed E-state index contributed by atoms with van der Waals surface area (Å²) in [4.78, 5) is 0. The summed E-state index contributed by atoms with van der Waals surface area (Å²) in [6.45, 7) is 3.22. The highest BCUT2D eigenvalue weighted by molar-refractivity contribution is 7.90. The molecular weight excluding hydrogens is 266 g/mol. The minimum Gasteiger partial charge on any atom is -0.215 e. The van der Waals surface area contributed by atoms with Crippen molar-refractivity contribution in [1.29, 1.82) is 5.26 Å². The molecule has 0 aliphatic carbocycles. The zero-order chi connectivity index (χ0) is 13.5. The van der Waals surface area contributed by atoms with Crippen LogP contribution in [0.15, 0.2) is 0 Å². The van der Waals surface area contributed by atoms with Gasteiger partial charge in [-0.15, -0.1) is 0 Å². The summed E-state index contributed by atoms with van der Waals surface area (Å²) in [5.74, 6) is -0.345. The lowest BCUT2D eigenvalue weighted by Crippen LogP contribution is -2.38. The Balaban J connectivity index is 4.37. The molecule has 0 aromatic rings. The summed E-state index contributed by atoms with van der Waals surface area (Å²) >= 11 is 0. The van der Waals surface area contributed by atoms with E-state index in [-0.39, 0.29) is 25.3 Å². The molecule has 100 valence electrons. The summed E-state index contributed by atoms with van der Waals surface area (Å²) in [6.07, 6.45) is 0.159. The molecule has 0 amide bonds. The Morgan fingerprint density at radius 1 is 1.18 bits per heavy atom. The van der Waals surface area contributed by atoms with Gasteiger partial charge < -0.3 is 0 Å². The highest BCUT2D eigenvalue weighted by atomic mass is 32.2. The summed E-state index contributed by atoms with van der Waals surface area (Å²) in [7, 11) is -7.22. The normalized spacial score (nSPS) is 14.2. The van der Waals surface area contributed by atoms with Crippen LogP contribution in [0.4, 0.5) is 0 Å². The molecule has 2 N–H and O–H groups in total. The van der Waals surface area contributed by atoms with Gasteiger partial charge in [-0.2, -0.15) is 5.26 Å². The van der Waals surface area contributed by atoms with Gasteiger partial charge in [0.15, 0.2) is 5.25 Å². The fraction of sp³-hybridized carbons (Fsp3) is 0.875. The molecular formula is C8H17N3O4S2. The van der Waals surface area contributed by atoms with Crippen LogP contribution in [0, 0.1) is 11.3 Å². The van der Waals surface area contributed by atoms with Crippen molar-refractivity contribution in [2.75, 3.05) is 18.8 Å². The van der Waals surface area contributed by atoms with Crippen LogP contribution in [0.3, 0.4) is 0 Å². The third-order valence-corrected chi connectivity index (χ3v) is 5.19. The number of hydrogen-bond donors (Lipinski definition) is 2. The van der Waals surface area contributed by atoms with Gasteiger partial charge in [-0.05, 0) is 6.42 Å². The Morgan fingerprint density at radius 3 is 2.18 bits per heavy atom. The number of nitrogens with one attached hydrogen (secondary N) is 2. The van der Waals surface area contributed by atoms with Gasteiger partial charge in [-0.3, -0.25) is 0 Å². The second-order valence-corrected chi connectivity index (χ2v) is 7.16. The average molecular weight is 283 g/mol. The number of nitriles is 1. The predicted octanol–water partition coefficient (Wildman–Crippen LogP) is -0.853. The smallest absolute Gasteiger partial charge is 0.215 e. The first-order valence-corrected chi connectivity index (χ1v) is 8.34. The molecule has 0 heterocycles. The molecule has 0 rings (SSSR count). The van der Waals surface area contributed by atoms with Crippen molar-refractivity contribution >= 4 is 20.0 Å². The lowest BCUT2D eigenvalue weighted by Gasteiger charge is -2.10. The maximum atomic E-state index is 11.5. The van der Waals surface area contributed by atoms with Crippen LogP contribution in [-0.2, 0) is 20.0 Å². The molecule has 0 radical (unpaired) electrons. The SMILES string of the molecule is CCNS(=O)(=O)CCNS(=O)(=O)C(C#N)CC. The highest BCUT2D eigenvalue weighted by Crippen LogP contribution is 2.02. The number of sulfonamides is 2. The average Bonchev–Trinajstić information content (AvgIpc) is 2.17. The van der Waals surface area contributed by atoms with Crippen LogP contribution in [0.1, 0.15) is 20.3 Å². The molecule has 0 aromatic heterocycles. The van der Waals surface area contributed by atoms with Crippen LogP contribution < -0.4 is 9.44 Å². The van der Waals surface area contributed by atoms with E-state index in [4.69, 9.17) is 5.26 Å². The Morgan fingerprint density at radius 2 is 1.76 bits per heavy atom. The molecule has 0 saturated heterocycles. The summed E-state index contributed by atoms with van der Waals surface area (Å²) in [6, 6.07) is 1.65. The van der Waals surface area contributed by atoms with Crippen LogP contribution in [0.5, 0.6) is 0 Å². The predicted molar refractivity (Wildman–Crippen MR) is 64.1 cm³/mol. The van der Waals surface area contributed by atoms with E-state index >= 15 is 0 Å². The molecule has 17 heavy (non-hydrogen) atoms. The van der Waals surface area contributed by atoms with Gasteiger partial charge >= 0.3 is 0 Å². The monoisotopic (exact) mass is 283 g/mol. The Hall–Kier alpha value is -0.690. The second kappa shape index (κ2) is 6.90. The fourth-order valence-corrected chi connectivity index (χ4v) is 3.34. The molecule has 0 fully saturated rings. The number of nitrogens with zero attached hydrogens (tertiary/aromatic N) is 1. The minimum absolute atomic E-state index is 0.159. The van der Waals surface area contributed by atoms with E-state index in [9.17, 15) is 16.8 Å². The van der Waals surface area contributed by atoms with E-state index < -0.39 is 25.3 Å². The van der Waals surface area contributed by atoms with Crippen LogP contribution in [-0.4, -0.2) is 40.9 Å². The van der Waals surface area contributed by atoms with Crippen molar-refractivity contribution in [2.45, 2.75) is 25.5 Å². The molecule has 7 nitrogen and oxygen atoms in total. The molecule has 0 saturated carbocycles. The Kier molecular flexibility index (Phi) is 6.62. The molecule has 0 bridgehead atoms. The van der Waals surface area contributed by atoms with Crippen LogP contribution >= 0.6 is 0 Å². The minimum atomic E-state index is -3.76. The van der Waals surface area contributed by atoms with Crippen molar-refractivity contribution in [3.05, 3.63) is 0 Å². The van der Waals surface area contributed by atoms with Gasteiger partial charge in [-0.1, -0.05) is 13.8 Å². The van der Waals surface area contributed by atoms with Gasteiger partial charge in [0.05, 0.1) is 11.8 Å². The first-order chi connectivity index (χ1) is 7.79. The van der Waals surface area contributed by atoms with E-state index in [2.05, 4.69) is 9.44 Å². The third-order valence-electron chi connectivity index (χ3n) is 1.93. The van der Waals surface area contributed by atoms with Crippen molar-refractivity contribution in [3.63, 3.8) is 0 Å². The van der Waals surface area contributed by atoms with E-state index in [0.717, 1.165) is 0 Å². The Labute approximate surface area is 102 Å². The number of hydrogen-bond acceptors (Lipinski definition) is 5. The van der Waals surface area contributed by atoms with Crippen molar-refractivity contribution < 1.29 is 16.8 Å². The van der Waals surface area contributed by atoms with Crippen molar-refractivity contribution in [2.24, 2.45) is 0 Å². The maximum absolute atomic E-state index is 11.5. The molecule has 0 aliphatic rings. The van der Waals surface area contributed by atoms with Gasteiger partial charge in [0.1, 0.15) is 0 Å². The Bertz CT molecular complexity index is 463. The topological polar surface area (TPSA) is 116 Å². The van der Waals surface area contributed by atoms with Gasteiger partial charge in [0.2, 0.25) is 20.0 Å². The zero-order valence-corrected chi connectivity index (χ0v) is 11.4. The van der Waals surface area contributed by atoms with E-state index in [1.165, 1.54) is 0 Å². The zero-order valence-electron chi connectivity index (χ0n) is 9.80. The molecule has 0 aliphatic heterocycles. The largest absolute Gasteiger partial charge is 0.227 e.